The third kappa shape index (κ3) is 7.79. The summed E-state index contributed by atoms with van der Waals surface area (Å²) >= 11 is 0. The predicted octanol–water partition coefficient (Wildman–Crippen LogP) is 1.94. The lowest BCUT2D eigenvalue weighted by molar-refractivity contribution is -0.149. The number of nitrogens with two attached hydrogens (primary N) is 1. The van der Waals surface area contributed by atoms with Crippen LogP contribution < -0.4 is 11.1 Å². The van der Waals surface area contributed by atoms with Crippen LogP contribution in [0.3, 0.4) is 0 Å². The van der Waals surface area contributed by atoms with E-state index in [1.165, 1.54) is 12.1 Å². The zero-order valence-corrected chi connectivity index (χ0v) is 19.2. The Labute approximate surface area is 188 Å². The number of piperidine rings is 1. The van der Waals surface area contributed by atoms with E-state index in [0.29, 0.717) is 32.1 Å². The van der Waals surface area contributed by atoms with E-state index < -0.39 is 11.8 Å². The summed E-state index contributed by atoms with van der Waals surface area (Å²) in [4.78, 5) is 30.2. The predicted molar refractivity (Wildman–Crippen MR) is 120 cm³/mol. The summed E-state index contributed by atoms with van der Waals surface area (Å²) in [6.45, 7) is 3.77. The summed E-state index contributed by atoms with van der Waals surface area (Å²) in [5.41, 5.74) is 6.38. The summed E-state index contributed by atoms with van der Waals surface area (Å²) in [6, 6.07) is 6.02. The smallest absolute Gasteiger partial charge is 0.310 e. The van der Waals surface area contributed by atoms with Gasteiger partial charge in [-0.15, -0.1) is 24.0 Å². The summed E-state index contributed by atoms with van der Waals surface area (Å²) < 4.78 is 18.2. The molecule has 0 spiro atoms. The molecule has 1 aromatic carbocycles. The van der Waals surface area contributed by atoms with Gasteiger partial charge in [0.05, 0.1) is 18.4 Å². The molecule has 9 heteroatoms. The lowest BCUT2D eigenvalue weighted by Gasteiger charge is -2.34. The minimum atomic E-state index is -0.465. The highest BCUT2D eigenvalue weighted by atomic mass is 127. The van der Waals surface area contributed by atoms with Crippen LogP contribution in [-0.2, 0) is 20.7 Å². The SMILES string of the molecule is CCOC(=O)C1CCCN(C(=NC)NCC(Cc2ccc(F)cc2)C(N)=O)C1.I. The molecule has 162 valence electrons. The molecular formula is C20H30FIN4O3. The van der Waals surface area contributed by atoms with Crippen LogP contribution in [0.25, 0.3) is 0 Å². The molecule has 1 aliphatic rings. The fourth-order valence-corrected chi connectivity index (χ4v) is 3.35. The first-order chi connectivity index (χ1) is 13.4. The van der Waals surface area contributed by atoms with Crippen molar-refractivity contribution in [2.24, 2.45) is 22.6 Å². The zero-order valence-electron chi connectivity index (χ0n) is 16.9. The summed E-state index contributed by atoms with van der Waals surface area (Å²) in [5, 5.41) is 3.19. The van der Waals surface area contributed by atoms with Gasteiger partial charge in [-0.2, -0.15) is 0 Å². The zero-order chi connectivity index (χ0) is 20.5. The average molecular weight is 520 g/mol. The largest absolute Gasteiger partial charge is 0.466 e. The standard InChI is InChI=1S/C20H29FN4O3.HI/c1-3-28-19(27)15-5-4-10-25(13-15)20(23-2)24-12-16(18(22)26)11-14-6-8-17(21)9-7-14;/h6-9,15-16H,3-5,10-13H2,1-2H3,(H2,22,26)(H,23,24);1H. The number of amides is 1. The van der Waals surface area contributed by atoms with Crippen molar-refractivity contribution in [2.45, 2.75) is 26.2 Å². The van der Waals surface area contributed by atoms with Gasteiger partial charge in [-0.3, -0.25) is 14.6 Å². The quantitative estimate of drug-likeness (QED) is 0.248. The molecular weight excluding hydrogens is 490 g/mol. The van der Waals surface area contributed by atoms with Crippen molar-refractivity contribution >= 4 is 41.8 Å². The number of aliphatic imine (C=N–C) groups is 1. The van der Waals surface area contributed by atoms with Crippen LogP contribution in [0.15, 0.2) is 29.3 Å². The van der Waals surface area contributed by atoms with E-state index in [9.17, 15) is 14.0 Å². The Balaban J connectivity index is 0.00000420. The van der Waals surface area contributed by atoms with E-state index in [1.54, 1.807) is 26.1 Å². The molecule has 1 aliphatic heterocycles. The van der Waals surface area contributed by atoms with Gasteiger partial charge in [-0.1, -0.05) is 12.1 Å². The fourth-order valence-electron chi connectivity index (χ4n) is 3.35. The summed E-state index contributed by atoms with van der Waals surface area (Å²) in [5.74, 6) is -0.964. The number of esters is 1. The Hall–Kier alpha value is -1.91. The molecule has 7 nitrogen and oxygen atoms in total. The highest BCUT2D eigenvalue weighted by molar-refractivity contribution is 14.0. The molecule has 0 radical (unpaired) electrons. The van der Waals surface area contributed by atoms with Crippen molar-refractivity contribution in [1.82, 2.24) is 10.2 Å². The van der Waals surface area contributed by atoms with E-state index >= 15 is 0 Å². The molecule has 0 aliphatic carbocycles. The number of rotatable bonds is 7. The number of nitrogens with one attached hydrogen (secondary N) is 1. The Kier molecular flexibility index (Phi) is 10.9. The van der Waals surface area contributed by atoms with Crippen molar-refractivity contribution in [3.63, 3.8) is 0 Å². The van der Waals surface area contributed by atoms with Crippen molar-refractivity contribution in [1.29, 1.82) is 0 Å². The first kappa shape index (κ1) is 25.1. The van der Waals surface area contributed by atoms with Crippen molar-refractivity contribution in [2.75, 3.05) is 33.3 Å². The number of primary amides is 1. The van der Waals surface area contributed by atoms with Crippen LogP contribution in [-0.4, -0.2) is 56.0 Å². The second-order valence-corrected chi connectivity index (χ2v) is 6.90. The van der Waals surface area contributed by atoms with Crippen molar-refractivity contribution in [3.8, 4) is 0 Å². The number of nitrogens with zero attached hydrogens (tertiary/aromatic N) is 2. The van der Waals surface area contributed by atoms with E-state index in [0.717, 1.165) is 24.9 Å². The van der Waals surface area contributed by atoms with Crippen molar-refractivity contribution in [3.05, 3.63) is 35.6 Å². The van der Waals surface area contributed by atoms with Crippen LogP contribution in [0, 0.1) is 17.7 Å². The van der Waals surface area contributed by atoms with E-state index in [-0.39, 0.29) is 41.7 Å². The van der Waals surface area contributed by atoms with Crippen LogP contribution in [0.1, 0.15) is 25.3 Å². The monoisotopic (exact) mass is 520 g/mol. The lowest BCUT2D eigenvalue weighted by Crippen LogP contribution is -2.50. The van der Waals surface area contributed by atoms with Gasteiger partial charge >= 0.3 is 5.97 Å². The van der Waals surface area contributed by atoms with Gasteiger partial charge in [-0.25, -0.2) is 4.39 Å². The van der Waals surface area contributed by atoms with Crippen LogP contribution in [0.5, 0.6) is 0 Å². The third-order valence-electron chi connectivity index (χ3n) is 4.86. The van der Waals surface area contributed by atoms with Gasteiger partial charge in [-0.05, 0) is 43.9 Å². The second-order valence-electron chi connectivity index (χ2n) is 6.90. The molecule has 1 amide bonds. The van der Waals surface area contributed by atoms with Crippen LogP contribution in [0.2, 0.25) is 0 Å². The summed E-state index contributed by atoms with van der Waals surface area (Å²) in [6.07, 6.45) is 2.06. The van der Waals surface area contributed by atoms with Gasteiger partial charge in [0.1, 0.15) is 5.82 Å². The molecule has 3 N–H and O–H groups in total. The highest BCUT2D eigenvalue weighted by Gasteiger charge is 2.29. The van der Waals surface area contributed by atoms with Crippen molar-refractivity contribution < 1.29 is 18.7 Å². The maximum atomic E-state index is 13.1. The molecule has 0 bridgehead atoms. The molecule has 2 atom stereocenters. The normalized spacial score (nSPS) is 17.8. The van der Waals surface area contributed by atoms with Gasteiger partial charge < -0.3 is 20.7 Å². The number of halogens is 2. The molecule has 1 aromatic rings. The average Bonchev–Trinajstić information content (AvgIpc) is 2.69. The van der Waals surface area contributed by atoms with E-state index in [4.69, 9.17) is 10.5 Å². The topological polar surface area (TPSA) is 97.0 Å². The minimum Gasteiger partial charge on any atom is -0.466 e. The first-order valence-electron chi connectivity index (χ1n) is 9.60. The number of hydrogen-bond acceptors (Lipinski definition) is 4. The van der Waals surface area contributed by atoms with Gasteiger partial charge in [0.2, 0.25) is 5.91 Å². The number of carbonyl (C=O) groups is 2. The Bertz CT molecular complexity index is 699. The molecule has 0 saturated carbocycles. The molecule has 2 rings (SSSR count). The number of hydrogen-bond donors (Lipinski definition) is 2. The Morgan fingerprint density at radius 3 is 2.66 bits per heavy atom. The van der Waals surface area contributed by atoms with E-state index in [2.05, 4.69) is 10.3 Å². The number of carbonyl (C=O) groups excluding carboxylic acids is 2. The van der Waals surface area contributed by atoms with Gasteiger partial charge in [0.25, 0.3) is 0 Å². The number of guanidine groups is 1. The van der Waals surface area contributed by atoms with Crippen LogP contribution >= 0.6 is 24.0 Å². The lowest BCUT2D eigenvalue weighted by atomic mass is 9.98. The van der Waals surface area contributed by atoms with Crippen LogP contribution in [0.4, 0.5) is 4.39 Å². The maximum Gasteiger partial charge on any atom is 0.310 e. The second kappa shape index (κ2) is 12.6. The fraction of sp³-hybridized carbons (Fsp3) is 0.550. The molecule has 1 saturated heterocycles. The number of likely N-dealkylation sites (tertiary alicyclic amines) is 1. The molecule has 2 unspecified atom stereocenters. The molecule has 0 aromatic heterocycles. The number of benzene rings is 1. The summed E-state index contributed by atoms with van der Waals surface area (Å²) in [7, 11) is 1.66. The van der Waals surface area contributed by atoms with E-state index in [1.807, 2.05) is 4.90 Å². The Morgan fingerprint density at radius 2 is 2.07 bits per heavy atom. The third-order valence-corrected chi connectivity index (χ3v) is 4.86. The highest BCUT2D eigenvalue weighted by Crippen LogP contribution is 2.18. The minimum absolute atomic E-state index is 0. The maximum absolute atomic E-state index is 13.1. The van der Waals surface area contributed by atoms with Gasteiger partial charge in [0, 0.05) is 26.7 Å². The Morgan fingerprint density at radius 1 is 1.38 bits per heavy atom. The molecule has 1 fully saturated rings. The first-order valence-corrected chi connectivity index (χ1v) is 9.60. The molecule has 29 heavy (non-hydrogen) atoms. The number of ether oxygens (including phenoxy) is 1. The molecule has 1 heterocycles. The van der Waals surface area contributed by atoms with Gasteiger partial charge in [0.15, 0.2) is 5.96 Å².